The minimum Gasteiger partial charge on any atom is -0.444 e. The Hall–Kier alpha value is -5.90. The molecule has 4 N–H and O–H groups in total. The van der Waals surface area contributed by atoms with Gasteiger partial charge in [-0.1, -0.05) is 0 Å². The number of guanidine groups is 1. The molecule has 3 amide bonds. The fourth-order valence-corrected chi connectivity index (χ4v) is 4.10. The van der Waals surface area contributed by atoms with Gasteiger partial charge in [0.25, 0.3) is 17.3 Å². The van der Waals surface area contributed by atoms with E-state index < -0.39 is 28.0 Å². The minimum absolute atomic E-state index is 0.00660. The highest BCUT2D eigenvalue weighted by molar-refractivity contribution is 6.15. The van der Waals surface area contributed by atoms with Gasteiger partial charge in [0.05, 0.1) is 15.5 Å². The van der Waals surface area contributed by atoms with Crippen LogP contribution in [-0.2, 0) is 22.7 Å². The molecule has 228 valence electrons. The lowest BCUT2D eigenvalue weighted by Gasteiger charge is -2.21. The van der Waals surface area contributed by atoms with Crippen LogP contribution in [0.1, 0.15) is 27.9 Å². The van der Waals surface area contributed by atoms with Crippen LogP contribution in [0.3, 0.4) is 0 Å². The summed E-state index contributed by atoms with van der Waals surface area (Å²) in [6, 6.07) is 16.4. The maximum atomic E-state index is 13.2. The van der Waals surface area contributed by atoms with E-state index in [1.807, 2.05) is 0 Å². The van der Waals surface area contributed by atoms with Crippen molar-refractivity contribution in [2.75, 3.05) is 18.0 Å². The summed E-state index contributed by atoms with van der Waals surface area (Å²) >= 11 is 0. The molecule has 1 aliphatic heterocycles. The van der Waals surface area contributed by atoms with Gasteiger partial charge in [0, 0.05) is 42.4 Å². The number of nitrogens with zero attached hydrogens (tertiary/aromatic N) is 4. The third kappa shape index (κ3) is 8.32. The number of benzene rings is 3. The summed E-state index contributed by atoms with van der Waals surface area (Å²) in [5.41, 5.74) is 7.08. The first-order chi connectivity index (χ1) is 21.1. The molecule has 1 heterocycles. The molecule has 0 spiro atoms. The summed E-state index contributed by atoms with van der Waals surface area (Å²) in [6.45, 7) is 0.890. The third-order valence-corrected chi connectivity index (χ3v) is 6.42. The number of anilines is 1. The molecule has 4 rings (SSSR count). The van der Waals surface area contributed by atoms with Crippen molar-refractivity contribution in [1.82, 2.24) is 10.6 Å². The zero-order valence-corrected chi connectivity index (χ0v) is 23.1. The van der Waals surface area contributed by atoms with Gasteiger partial charge in [0.1, 0.15) is 13.2 Å². The Morgan fingerprint density at radius 3 is 1.93 bits per heavy atom. The van der Waals surface area contributed by atoms with Gasteiger partial charge >= 0.3 is 12.2 Å². The summed E-state index contributed by atoms with van der Waals surface area (Å²) in [5.74, 6) is -0.921. The van der Waals surface area contributed by atoms with Crippen molar-refractivity contribution >= 4 is 41.1 Å². The van der Waals surface area contributed by atoms with E-state index in [-0.39, 0.29) is 42.2 Å². The topological polar surface area (TPSA) is 222 Å². The first-order valence-electron chi connectivity index (χ1n) is 13.2. The van der Waals surface area contributed by atoms with Crippen molar-refractivity contribution in [2.45, 2.75) is 25.7 Å². The molecular formula is C28H27N7O9. The minimum atomic E-state index is -1.16. The first kappa shape index (κ1) is 31.0. The van der Waals surface area contributed by atoms with E-state index >= 15 is 0 Å². The smallest absolute Gasteiger partial charge is 0.437 e. The van der Waals surface area contributed by atoms with Gasteiger partial charge < -0.3 is 25.8 Å². The van der Waals surface area contributed by atoms with Crippen LogP contribution in [0.4, 0.5) is 26.7 Å². The van der Waals surface area contributed by atoms with Crippen LogP contribution in [0.2, 0.25) is 0 Å². The molecule has 0 aromatic heterocycles. The van der Waals surface area contributed by atoms with Gasteiger partial charge in [-0.3, -0.25) is 25.0 Å². The van der Waals surface area contributed by atoms with Gasteiger partial charge in [-0.05, 0) is 72.6 Å². The van der Waals surface area contributed by atoms with Crippen molar-refractivity contribution in [1.29, 1.82) is 0 Å². The molecule has 16 nitrogen and oxygen atoms in total. The van der Waals surface area contributed by atoms with Gasteiger partial charge in [0.2, 0.25) is 5.96 Å². The fourth-order valence-electron chi connectivity index (χ4n) is 4.10. The lowest BCUT2D eigenvalue weighted by atomic mass is 10.1. The number of hydrogen-bond acceptors (Lipinski definition) is 10. The largest absolute Gasteiger partial charge is 0.444 e. The maximum absolute atomic E-state index is 13.2. The number of carbonyl (C=O) groups excluding carboxylic acids is 3. The van der Waals surface area contributed by atoms with E-state index in [1.54, 1.807) is 0 Å². The molecular weight excluding hydrogens is 578 g/mol. The molecule has 0 aliphatic carbocycles. The Morgan fingerprint density at radius 2 is 1.43 bits per heavy atom. The van der Waals surface area contributed by atoms with Crippen molar-refractivity contribution in [3.05, 3.63) is 110 Å². The molecule has 0 bridgehead atoms. The van der Waals surface area contributed by atoms with E-state index in [2.05, 4.69) is 15.6 Å². The second-order valence-electron chi connectivity index (χ2n) is 9.47. The molecule has 0 radical (unpaired) electrons. The standard InChI is InChI=1S/C28H27N7O9/c29-26(32-27(37)43-16-18-1-7-23(8-2-18)34(39)40)33(28(38)44-17-19-3-9-24(10-4-19)35(41)42)22-11-5-20(6-12-22)25(36)31-21-13-14-30-15-21/h1-12,21,30H,13-17H2,(H,31,36)(H2,29,32,37)/t21-/m0/s1. The van der Waals surface area contributed by atoms with Crippen LogP contribution in [0.25, 0.3) is 0 Å². The summed E-state index contributed by atoms with van der Waals surface area (Å²) in [4.78, 5) is 63.3. The highest BCUT2D eigenvalue weighted by Gasteiger charge is 2.24. The zero-order valence-electron chi connectivity index (χ0n) is 23.1. The van der Waals surface area contributed by atoms with E-state index in [9.17, 15) is 34.6 Å². The van der Waals surface area contributed by atoms with E-state index in [0.29, 0.717) is 23.2 Å². The Morgan fingerprint density at radius 1 is 0.886 bits per heavy atom. The summed E-state index contributed by atoms with van der Waals surface area (Å²) in [5, 5.41) is 27.8. The Bertz CT molecular complexity index is 1550. The number of amides is 3. The number of nitro benzene ring substituents is 2. The van der Waals surface area contributed by atoms with E-state index in [4.69, 9.17) is 15.2 Å². The van der Waals surface area contributed by atoms with Crippen molar-refractivity contribution in [2.24, 2.45) is 10.7 Å². The molecule has 1 atom stereocenters. The molecule has 0 saturated carbocycles. The first-order valence-corrected chi connectivity index (χ1v) is 13.2. The predicted molar refractivity (Wildman–Crippen MR) is 156 cm³/mol. The molecule has 0 unspecified atom stereocenters. The Kier molecular flexibility index (Phi) is 10.1. The lowest BCUT2D eigenvalue weighted by Crippen LogP contribution is -2.43. The van der Waals surface area contributed by atoms with Gasteiger partial charge in [-0.2, -0.15) is 0 Å². The zero-order chi connectivity index (χ0) is 31.6. The summed E-state index contributed by atoms with van der Waals surface area (Å²) < 4.78 is 10.4. The highest BCUT2D eigenvalue weighted by atomic mass is 16.6. The summed E-state index contributed by atoms with van der Waals surface area (Å²) in [6.07, 6.45) is -1.40. The fraction of sp³-hybridized carbons (Fsp3) is 0.214. The second kappa shape index (κ2) is 14.3. The monoisotopic (exact) mass is 605 g/mol. The molecule has 1 fully saturated rings. The number of hydrogen-bond donors (Lipinski definition) is 3. The molecule has 16 heteroatoms. The number of ether oxygens (including phenoxy) is 2. The molecule has 1 saturated heterocycles. The van der Waals surface area contributed by atoms with Gasteiger partial charge in [-0.15, -0.1) is 4.99 Å². The van der Waals surface area contributed by atoms with Crippen LogP contribution >= 0.6 is 0 Å². The van der Waals surface area contributed by atoms with Gasteiger partial charge in [-0.25, -0.2) is 14.5 Å². The van der Waals surface area contributed by atoms with Crippen LogP contribution in [0, 0.1) is 20.2 Å². The van der Waals surface area contributed by atoms with Gasteiger partial charge in [0.15, 0.2) is 0 Å². The molecule has 44 heavy (non-hydrogen) atoms. The second-order valence-corrected chi connectivity index (χ2v) is 9.47. The van der Waals surface area contributed by atoms with E-state index in [1.165, 1.54) is 72.8 Å². The Labute approximate surface area is 249 Å². The van der Waals surface area contributed by atoms with Crippen molar-refractivity contribution < 1.29 is 33.7 Å². The number of carbonyl (C=O) groups is 3. The number of nitrogens with two attached hydrogens (primary N) is 1. The quantitative estimate of drug-likeness (QED) is 0.139. The van der Waals surface area contributed by atoms with Crippen molar-refractivity contribution in [3.63, 3.8) is 0 Å². The maximum Gasteiger partial charge on any atom is 0.437 e. The lowest BCUT2D eigenvalue weighted by molar-refractivity contribution is -0.385. The Balaban J connectivity index is 1.49. The normalized spacial score (nSPS) is 14.4. The van der Waals surface area contributed by atoms with Crippen molar-refractivity contribution in [3.8, 4) is 0 Å². The number of non-ortho nitro benzene ring substituents is 2. The molecule has 1 aliphatic rings. The molecule has 3 aromatic rings. The average Bonchev–Trinajstić information content (AvgIpc) is 3.53. The number of rotatable bonds is 9. The van der Waals surface area contributed by atoms with Crippen LogP contribution in [-0.4, -0.2) is 53.0 Å². The summed E-state index contributed by atoms with van der Waals surface area (Å²) in [7, 11) is 0. The van der Waals surface area contributed by atoms with Crippen LogP contribution in [0.5, 0.6) is 0 Å². The predicted octanol–water partition coefficient (Wildman–Crippen LogP) is 3.39. The third-order valence-electron chi connectivity index (χ3n) is 6.42. The highest BCUT2D eigenvalue weighted by Crippen LogP contribution is 2.19. The number of aliphatic imine (C=N–C) groups is 1. The number of nitro groups is 2. The average molecular weight is 606 g/mol. The van der Waals surface area contributed by atoms with Crippen LogP contribution < -0.4 is 21.3 Å². The number of nitrogens with one attached hydrogen (secondary N) is 2. The van der Waals surface area contributed by atoms with E-state index in [0.717, 1.165) is 17.9 Å². The van der Waals surface area contributed by atoms with Crippen LogP contribution in [0.15, 0.2) is 77.8 Å². The SMILES string of the molecule is NC(=NC(=O)OCc1ccc([N+](=O)[O-])cc1)N(C(=O)OCc1ccc([N+](=O)[O-])cc1)c1ccc(C(=O)N[C@H]2CCNC2)cc1. The molecule has 3 aromatic carbocycles.